The highest BCUT2D eigenvalue weighted by atomic mass is 79.9. The second-order valence-corrected chi connectivity index (χ2v) is 8.19. The second kappa shape index (κ2) is 8.95. The van der Waals surface area contributed by atoms with Gasteiger partial charge in [0.15, 0.2) is 5.17 Å². The number of aliphatic imine (C=N–C) groups is 1. The first kappa shape index (κ1) is 20.0. The van der Waals surface area contributed by atoms with Crippen molar-refractivity contribution in [1.29, 1.82) is 0 Å². The van der Waals surface area contributed by atoms with Crippen LogP contribution in [-0.2, 0) is 4.79 Å². The van der Waals surface area contributed by atoms with E-state index in [1.54, 1.807) is 24.1 Å². The van der Waals surface area contributed by atoms with Gasteiger partial charge in [-0.05, 0) is 66.7 Å². The van der Waals surface area contributed by atoms with Crippen molar-refractivity contribution in [2.24, 2.45) is 4.99 Å². The number of methoxy groups -OCH3 is 1. The van der Waals surface area contributed by atoms with Crippen LogP contribution in [0.4, 0.5) is 5.69 Å². The van der Waals surface area contributed by atoms with Gasteiger partial charge in [-0.1, -0.05) is 34.5 Å². The fourth-order valence-electron chi connectivity index (χ4n) is 2.60. The first-order valence-corrected chi connectivity index (χ1v) is 10.4. The molecule has 2 aromatic rings. The van der Waals surface area contributed by atoms with Crippen molar-refractivity contribution >= 4 is 62.1 Å². The maximum absolute atomic E-state index is 12.9. The average molecular weight is 466 g/mol. The molecular weight excluding hydrogens is 448 g/mol. The fraction of sp³-hybridized carbons (Fsp3) is 0.200. The van der Waals surface area contributed by atoms with E-state index in [1.165, 1.54) is 11.8 Å². The molecule has 7 heteroatoms. The zero-order valence-electron chi connectivity index (χ0n) is 14.9. The van der Waals surface area contributed by atoms with E-state index in [9.17, 15) is 4.79 Å². The minimum Gasteiger partial charge on any atom is -0.496 e. The molecule has 27 heavy (non-hydrogen) atoms. The van der Waals surface area contributed by atoms with E-state index in [0.29, 0.717) is 27.4 Å². The first-order chi connectivity index (χ1) is 13.0. The number of benzene rings is 2. The molecule has 0 radical (unpaired) electrons. The minimum absolute atomic E-state index is 0.0448. The smallest absolute Gasteiger partial charge is 0.266 e. The van der Waals surface area contributed by atoms with Gasteiger partial charge >= 0.3 is 0 Å². The van der Waals surface area contributed by atoms with E-state index < -0.39 is 0 Å². The third kappa shape index (κ3) is 4.75. The summed E-state index contributed by atoms with van der Waals surface area (Å²) in [6.07, 6.45) is 2.70. The molecule has 0 unspecified atom stereocenters. The van der Waals surface area contributed by atoms with Crippen molar-refractivity contribution in [2.45, 2.75) is 13.3 Å². The predicted octanol–water partition coefficient (Wildman–Crippen LogP) is 6.13. The number of halogens is 2. The van der Waals surface area contributed by atoms with E-state index >= 15 is 0 Å². The second-order valence-electron chi connectivity index (χ2n) is 5.82. The van der Waals surface area contributed by atoms with Gasteiger partial charge in [-0.3, -0.25) is 9.69 Å². The molecule has 1 aliphatic rings. The van der Waals surface area contributed by atoms with Gasteiger partial charge in [-0.2, -0.15) is 0 Å². The quantitative estimate of drug-likeness (QED) is 0.499. The van der Waals surface area contributed by atoms with Crippen LogP contribution in [0.5, 0.6) is 5.75 Å². The Morgan fingerprint density at radius 2 is 2.00 bits per heavy atom. The molecule has 140 valence electrons. The van der Waals surface area contributed by atoms with Gasteiger partial charge in [0.05, 0.1) is 17.7 Å². The van der Waals surface area contributed by atoms with Gasteiger partial charge < -0.3 is 4.74 Å². The molecule has 1 aliphatic heterocycles. The topological polar surface area (TPSA) is 41.9 Å². The van der Waals surface area contributed by atoms with Crippen molar-refractivity contribution in [2.75, 3.05) is 13.7 Å². The monoisotopic (exact) mass is 464 g/mol. The SMILES string of the molecule is CCCN1C(=O)/C(=C/c2cc(Br)ccc2OC)SC1=Nc1ccc(Cl)cc1. The minimum atomic E-state index is -0.0448. The third-order valence-corrected chi connectivity index (χ3v) is 5.62. The summed E-state index contributed by atoms with van der Waals surface area (Å²) >= 11 is 10.8. The molecule has 1 amide bonds. The summed E-state index contributed by atoms with van der Waals surface area (Å²) in [6.45, 7) is 2.65. The van der Waals surface area contributed by atoms with Gasteiger partial charge in [0.2, 0.25) is 0 Å². The van der Waals surface area contributed by atoms with Crippen LogP contribution in [0.15, 0.2) is 56.8 Å². The molecule has 0 saturated carbocycles. The summed E-state index contributed by atoms with van der Waals surface area (Å²) < 4.78 is 6.33. The summed E-state index contributed by atoms with van der Waals surface area (Å²) in [4.78, 5) is 19.9. The Labute approximate surface area is 176 Å². The molecule has 0 atom stereocenters. The predicted molar refractivity (Wildman–Crippen MR) is 117 cm³/mol. The number of hydrogen-bond acceptors (Lipinski definition) is 4. The Bertz CT molecular complexity index is 913. The van der Waals surface area contributed by atoms with Gasteiger partial charge in [0.1, 0.15) is 5.75 Å². The number of hydrogen-bond donors (Lipinski definition) is 0. The highest BCUT2D eigenvalue weighted by Crippen LogP contribution is 2.36. The Balaban J connectivity index is 1.98. The maximum Gasteiger partial charge on any atom is 0.266 e. The van der Waals surface area contributed by atoms with Crippen LogP contribution in [0.2, 0.25) is 5.02 Å². The van der Waals surface area contributed by atoms with E-state index in [2.05, 4.69) is 20.9 Å². The molecule has 1 heterocycles. The summed E-state index contributed by atoms with van der Waals surface area (Å²) in [5.74, 6) is 0.667. The molecule has 0 aliphatic carbocycles. The van der Waals surface area contributed by atoms with Gasteiger partial charge in [-0.15, -0.1) is 0 Å². The molecule has 1 fully saturated rings. The number of carbonyl (C=O) groups excluding carboxylic acids is 1. The van der Waals surface area contributed by atoms with Gasteiger partial charge in [-0.25, -0.2) is 4.99 Å². The lowest BCUT2D eigenvalue weighted by Crippen LogP contribution is -2.29. The highest BCUT2D eigenvalue weighted by molar-refractivity contribution is 9.10. The fourth-order valence-corrected chi connectivity index (χ4v) is 4.12. The lowest BCUT2D eigenvalue weighted by Gasteiger charge is -2.14. The summed E-state index contributed by atoms with van der Waals surface area (Å²) in [5.41, 5.74) is 1.60. The lowest BCUT2D eigenvalue weighted by molar-refractivity contribution is -0.122. The Kier molecular flexibility index (Phi) is 6.63. The lowest BCUT2D eigenvalue weighted by atomic mass is 10.2. The van der Waals surface area contributed by atoms with Crippen molar-refractivity contribution in [3.05, 3.63) is 62.4 Å². The first-order valence-electron chi connectivity index (χ1n) is 8.41. The molecule has 0 N–H and O–H groups in total. The standard InChI is InChI=1S/C20H18BrClN2O2S/c1-3-10-24-19(25)18(12-13-11-14(21)4-9-17(13)26-2)27-20(24)23-16-7-5-15(22)6-8-16/h4-9,11-12H,3,10H2,1-2H3/b18-12-,23-20?. The van der Waals surface area contributed by atoms with Crippen LogP contribution in [0.3, 0.4) is 0 Å². The van der Waals surface area contributed by atoms with Gasteiger partial charge in [0.25, 0.3) is 5.91 Å². The van der Waals surface area contributed by atoms with E-state index in [4.69, 9.17) is 16.3 Å². The van der Waals surface area contributed by atoms with E-state index in [-0.39, 0.29) is 5.91 Å². The molecule has 4 nitrogen and oxygen atoms in total. The van der Waals surface area contributed by atoms with Crippen molar-refractivity contribution in [3.8, 4) is 5.75 Å². The highest BCUT2D eigenvalue weighted by Gasteiger charge is 2.33. The van der Waals surface area contributed by atoms with Crippen LogP contribution in [0.25, 0.3) is 6.08 Å². The Hall–Kier alpha value is -1.76. The molecule has 0 spiro atoms. The van der Waals surface area contributed by atoms with Gasteiger partial charge in [0, 0.05) is 21.6 Å². The van der Waals surface area contributed by atoms with Crippen LogP contribution >= 0.6 is 39.3 Å². The zero-order chi connectivity index (χ0) is 19.4. The molecule has 2 aromatic carbocycles. The molecular formula is C20H18BrClN2O2S. The van der Waals surface area contributed by atoms with E-state index in [0.717, 1.165) is 22.1 Å². The average Bonchev–Trinajstić information content (AvgIpc) is 2.93. The number of carbonyl (C=O) groups is 1. The van der Waals surface area contributed by atoms with E-state index in [1.807, 2.05) is 43.3 Å². The Morgan fingerprint density at radius 3 is 2.67 bits per heavy atom. The normalized spacial score (nSPS) is 17.2. The van der Waals surface area contributed by atoms with Crippen molar-refractivity contribution < 1.29 is 9.53 Å². The number of amides is 1. The Morgan fingerprint density at radius 1 is 1.26 bits per heavy atom. The van der Waals surface area contributed by atoms with Crippen LogP contribution < -0.4 is 4.74 Å². The molecule has 3 rings (SSSR count). The van der Waals surface area contributed by atoms with Crippen LogP contribution in [-0.4, -0.2) is 29.6 Å². The number of ether oxygens (including phenoxy) is 1. The van der Waals surface area contributed by atoms with Crippen LogP contribution in [0.1, 0.15) is 18.9 Å². The number of thioether (sulfide) groups is 1. The molecule has 0 bridgehead atoms. The number of nitrogens with zero attached hydrogens (tertiary/aromatic N) is 2. The molecule has 1 saturated heterocycles. The molecule has 0 aromatic heterocycles. The number of rotatable bonds is 5. The zero-order valence-corrected chi connectivity index (χ0v) is 18.1. The number of amidine groups is 1. The summed E-state index contributed by atoms with van der Waals surface area (Å²) in [5, 5.41) is 1.33. The third-order valence-electron chi connectivity index (χ3n) is 3.87. The van der Waals surface area contributed by atoms with Crippen LogP contribution in [0, 0.1) is 0 Å². The summed E-state index contributed by atoms with van der Waals surface area (Å²) in [7, 11) is 1.62. The largest absolute Gasteiger partial charge is 0.496 e. The summed E-state index contributed by atoms with van der Waals surface area (Å²) in [6, 6.07) is 12.9. The van der Waals surface area contributed by atoms with Crippen molar-refractivity contribution in [3.63, 3.8) is 0 Å². The maximum atomic E-state index is 12.9. The van der Waals surface area contributed by atoms with Crippen molar-refractivity contribution in [1.82, 2.24) is 4.90 Å².